The van der Waals surface area contributed by atoms with Gasteiger partial charge in [-0.1, -0.05) is 77.6 Å². The van der Waals surface area contributed by atoms with Gasteiger partial charge in [0.1, 0.15) is 30.5 Å². The second-order valence-corrected chi connectivity index (χ2v) is 10.00. The van der Waals surface area contributed by atoms with Crippen LogP contribution in [0, 0.1) is 0 Å². The first kappa shape index (κ1) is 34.1. The van der Waals surface area contributed by atoms with E-state index in [0.29, 0.717) is 6.54 Å². The highest BCUT2D eigenvalue weighted by atomic mass is 16.7. The van der Waals surface area contributed by atoms with E-state index in [9.17, 15) is 40.5 Å². The minimum absolute atomic E-state index is 0.209. The van der Waals surface area contributed by atoms with Gasteiger partial charge in [-0.05, 0) is 12.8 Å². The Kier molecular flexibility index (Phi) is 18.5. The van der Waals surface area contributed by atoms with Crippen LogP contribution in [0.1, 0.15) is 90.4 Å². The number of unbranched alkanes of at least 4 members (excludes halogenated alkanes) is 11. The highest BCUT2D eigenvalue weighted by molar-refractivity contribution is 5.81. The molecule has 11 nitrogen and oxygen atoms in total. The molecular formula is C26H51NO10. The highest BCUT2D eigenvalue weighted by Crippen LogP contribution is 2.25. The summed E-state index contributed by atoms with van der Waals surface area (Å²) in [4.78, 5) is 12.3. The fraction of sp³-hybridized carbons (Fsp3) is 0.962. The first-order valence-corrected chi connectivity index (χ1v) is 14.0. The van der Waals surface area contributed by atoms with Crippen molar-refractivity contribution < 1.29 is 50.0 Å². The molecule has 11 heteroatoms. The molecule has 0 aromatic carbocycles. The van der Waals surface area contributed by atoms with E-state index in [4.69, 9.17) is 9.47 Å². The van der Waals surface area contributed by atoms with Crippen molar-refractivity contribution >= 4 is 5.91 Å². The van der Waals surface area contributed by atoms with Crippen LogP contribution in [0.2, 0.25) is 0 Å². The maximum absolute atomic E-state index is 12.3. The van der Waals surface area contributed by atoms with Crippen molar-refractivity contribution in [3.05, 3.63) is 0 Å². The lowest BCUT2D eigenvalue weighted by Crippen LogP contribution is -2.60. The lowest BCUT2D eigenvalue weighted by atomic mass is 9.98. The van der Waals surface area contributed by atoms with E-state index < -0.39 is 68.1 Å². The van der Waals surface area contributed by atoms with Gasteiger partial charge in [0.25, 0.3) is 5.91 Å². The molecule has 1 aliphatic rings. The van der Waals surface area contributed by atoms with Crippen molar-refractivity contribution in [1.29, 1.82) is 0 Å². The third-order valence-electron chi connectivity index (χ3n) is 6.87. The van der Waals surface area contributed by atoms with Crippen LogP contribution in [-0.2, 0) is 14.3 Å². The fourth-order valence-electron chi connectivity index (χ4n) is 4.44. The highest BCUT2D eigenvalue weighted by Gasteiger charge is 2.46. The molecule has 0 radical (unpaired) electrons. The maximum atomic E-state index is 12.3. The third-order valence-corrected chi connectivity index (χ3v) is 6.87. The molecule has 0 spiro atoms. The SMILES string of the molecule is CCCCCCCCCCCCCCNC(=O)C(O)C(O)C(CCO)OC1OC(CO)C(O)C(O)C1O. The number of rotatable bonds is 21. The molecule has 37 heavy (non-hydrogen) atoms. The molecular weight excluding hydrogens is 486 g/mol. The van der Waals surface area contributed by atoms with Crippen LogP contribution in [0.3, 0.4) is 0 Å². The summed E-state index contributed by atoms with van der Waals surface area (Å²) in [6.45, 7) is 1.44. The molecule has 0 aromatic rings. The molecule has 1 rings (SSSR count). The van der Waals surface area contributed by atoms with Gasteiger partial charge in [-0.2, -0.15) is 0 Å². The molecule has 220 valence electrons. The number of ether oxygens (including phenoxy) is 2. The van der Waals surface area contributed by atoms with Gasteiger partial charge in [-0.25, -0.2) is 0 Å². The van der Waals surface area contributed by atoms with Gasteiger partial charge < -0.3 is 50.5 Å². The van der Waals surface area contributed by atoms with Crippen LogP contribution in [-0.4, -0.2) is 110 Å². The second kappa shape index (κ2) is 20.1. The molecule has 8 unspecified atom stereocenters. The normalized spacial score (nSPS) is 26.5. The van der Waals surface area contributed by atoms with E-state index in [2.05, 4.69) is 12.2 Å². The van der Waals surface area contributed by atoms with Crippen LogP contribution in [0.4, 0.5) is 0 Å². The molecule has 1 aliphatic heterocycles. The number of hydrogen-bond acceptors (Lipinski definition) is 10. The van der Waals surface area contributed by atoms with Crippen molar-refractivity contribution in [1.82, 2.24) is 5.32 Å². The Balaban J connectivity index is 2.32. The molecule has 8 N–H and O–H groups in total. The van der Waals surface area contributed by atoms with E-state index in [1.165, 1.54) is 51.4 Å². The van der Waals surface area contributed by atoms with E-state index in [-0.39, 0.29) is 6.42 Å². The van der Waals surface area contributed by atoms with Gasteiger partial charge in [0.05, 0.1) is 12.7 Å². The summed E-state index contributed by atoms with van der Waals surface area (Å²) >= 11 is 0. The van der Waals surface area contributed by atoms with Gasteiger partial charge in [-0.3, -0.25) is 4.79 Å². The number of nitrogens with one attached hydrogen (secondary N) is 1. The third kappa shape index (κ3) is 12.7. The summed E-state index contributed by atoms with van der Waals surface area (Å²) in [7, 11) is 0. The van der Waals surface area contributed by atoms with E-state index >= 15 is 0 Å². The topological polar surface area (TPSA) is 189 Å². The Morgan fingerprint density at radius 3 is 1.89 bits per heavy atom. The van der Waals surface area contributed by atoms with Crippen molar-refractivity contribution in [2.45, 2.75) is 139 Å². The maximum Gasteiger partial charge on any atom is 0.251 e. The summed E-state index contributed by atoms with van der Waals surface area (Å²) in [6, 6.07) is 0. The quantitative estimate of drug-likeness (QED) is 0.0932. The van der Waals surface area contributed by atoms with E-state index in [0.717, 1.165) is 25.7 Å². The van der Waals surface area contributed by atoms with Crippen molar-refractivity contribution in [2.24, 2.45) is 0 Å². The number of amides is 1. The molecule has 0 bridgehead atoms. The Hall–Kier alpha value is -0.890. The van der Waals surface area contributed by atoms with E-state index in [1.54, 1.807) is 0 Å². The summed E-state index contributed by atoms with van der Waals surface area (Å²) in [5.41, 5.74) is 0. The predicted molar refractivity (Wildman–Crippen MR) is 136 cm³/mol. The van der Waals surface area contributed by atoms with Crippen LogP contribution < -0.4 is 5.32 Å². The van der Waals surface area contributed by atoms with Gasteiger partial charge in [0, 0.05) is 13.2 Å². The molecule has 1 amide bonds. The predicted octanol–water partition coefficient (Wildman–Crippen LogP) is 0.0930. The molecule has 0 saturated carbocycles. The lowest BCUT2D eigenvalue weighted by molar-refractivity contribution is -0.319. The zero-order chi connectivity index (χ0) is 27.6. The molecule has 0 aliphatic carbocycles. The average Bonchev–Trinajstić information content (AvgIpc) is 2.90. The van der Waals surface area contributed by atoms with Gasteiger partial charge in [0.15, 0.2) is 12.4 Å². The van der Waals surface area contributed by atoms with Gasteiger partial charge in [-0.15, -0.1) is 0 Å². The van der Waals surface area contributed by atoms with Crippen LogP contribution in [0.25, 0.3) is 0 Å². The van der Waals surface area contributed by atoms with E-state index in [1.807, 2.05) is 0 Å². The minimum Gasteiger partial charge on any atom is -0.396 e. The molecule has 0 aromatic heterocycles. The average molecular weight is 538 g/mol. The zero-order valence-corrected chi connectivity index (χ0v) is 22.3. The molecule has 1 heterocycles. The largest absolute Gasteiger partial charge is 0.396 e. The summed E-state index contributed by atoms with van der Waals surface area (Å²) < 4.78 is 10.7. The van der Waals surface area contributed by atoms with Crippen LogP contribution >= 0.6 is 0 Å². The van der Waals surface area contributed by atoms with Crippen LogP contribution in [0.15, 0.2) is 0 Å². The standard InChI is InChI=1S/C26H51NO10/c1-2-3-4-5-6-7-8-9-10-11-12-13-15-27-25(35)23(33)20(30)18(14-16-28)36-26-24(34)22(32)21(31)19(17-29)37-26/h18-24,26,28-34H,2-17H2,1H3,(H,27,35). The van der Waals surface area contributed by atoms with Crippen molar-refractivity contribution in [2.75, 3.05) is 19.8 Å². The number of aliphatic hydroxyl groups is 7. The summed E-state index contributed by atoms with van der Waals surface area (Å²) in [5.74, 6) is -0.795. The van der Waals surface area contributed by atoms with Gasteiger partial charge >= 0.3 is 0 Å². The Morgan fingerprint density at radius 1 is 0.838 bits per heavy atom. The number of aliphatic hydroxyl groups excluding tert-OH is 7. The summed E-state index contributed by atoms with van der Waals surface area (Å²) in [5, 5.41) is 71.9. The molecule has 1 saturated heterocycles. The second-order valence-electron chi connectivity index (χ2n) is 10.00. The van der Waals surface area contributed by atoms with Crippen molar-refractivity contribution in [3.8, 4) is 0 Å². The molecule has 8 atom stereocenters. The summed E-state index contributed by atoms with van der Waals surface area (Å²) in [6.07, 6.45) is 1.29. The van der Waals surface area contributed by atoms with Crippen molar-refractivity contribution in [3.63, 3.8) is 0 Å². The van der Waals surface area contributed by atoms with Gasteiger partial charge in [0.2, 0.25) is 0 Å². The Bertz CT molecular complexity index is 582. The first-order valence-electron chi connectivity index (χ1n) is 14.0. The Morgan fingerprint density at radius 2 is 1.38 bits per heavy atom. The lowest BCUT2D eigenvalue weighted by Gasteiger charge is -2.41. The molecule has 1 fully saturated rings. The number of hydrogen-bond donors (Lipinski definition) is 8. The monoisotopic (exact) mass is 537 g/mol. The first-order chi connectivity index (χ1) is 17.8. The zero-order valence-electron chi connectivity index (χ0n) is 22.3. The minimum atomic E-state index is -1.86. The van der Waals surface area contributed by atoms with Crippen LogP contribution in [0.5, 0.6) is 0 Å². The Labute approximate surface area is 220 Å². The smallest absolute Gasteiger partial charge is 0.251 e. The number of carbonyl (C=O) groups is 1. The fourth-order valence-corrected chi connectivity index (χ4v) is 4.44. The number of carbonyl (C=O) groups excluding carboxylic acids is 1.